The molecular weight excluding hydrogens is 450 g/mol. The zero-order valence-electron chi connectivity index (χ0n) is 22.1. The molecule has 5 rings (SSSR count). The second-order valence-electron chi connectivity index (χ2n) is 11.3. The van der Waals surface area contributed by atoms with Gasteiger partial charge in [0, 0.05) is 24.5 Å². The largest absolute Gasteiger partial charge is 0.493 e. The van der Waals surface area contributed by atoms with Crippen LogP contribution >= 0.6 is 0 Å². The zero-order chi connectivity index (χ0) is 25.4. The standard InChI is InChI=1S/C30H37N3O3/c1-19-12-22(17-30(2,3)16-19)31-29(34)24-15-28(32-25-9-7-6-8-23(24)25)33-11-10-20-13-26(35-4)27(36-5)14-21(20)18-33/h6-9,13-15,19,22H,10-12,16-18H2,1-5H3,(H,31,34). The maximum atomic E-state index is 13.6. The van der Waals surface area contributed by atoms with Crippen molar-refractivity contribution in [3.05, 3.63) is 59.2 Å². The molecule has 0 saturated heterocycles. The Morgan fingerprint density at radius 3 is 2.50 bits per heavy atom. The van der Waals surface area contributed by atoms with Crippen LogP contribution in [0.15, 0.2) is 42.5 Å². The van der Waals surface area contributed by atoms with Gasteiger partial charge in [0.05, 0.1) is 25.3 Å². The highest BCUT2D eigenvalue weighted by molar-refractivity contribution is 6.07. The van der Waals surface area contributed by atoms with Gasteiger partial charge in [-0.3, -0.25) is 4.79 Å². The fourth-order valence-corrected chi connectivity index (χ4v) is 6.31. The normalized spacial score (nSPS) is 21.1. The van der Waals surface area contributed by atoms with Crippen LogP contribution in [-0.4, -0.2) is 37.7 Å². The first-order valence-electron chi connectivity index (χ1n) is 13.0. The molecule has 1 aromatic heterocycles. The molecule has 190 valence electrons. The first-order chi connectivity index (χ1) is 17.3. The van der Waals surface area contributed by atoms with Gasteiger partial charge in [0.15, 0.2) is 11.5 Å². The molecule has 2 aliphatic rings. The second kappa shape index (κ2) is 9.64. The summed E-state index contributed by atoms with van der Waals surface area (Å²) in [6.07, 6.45) is 4.11. The third-order valence-corrected chi connectivity index (χ3v) is 7.71. The van der Waals surface area contributed by atoms with Gasteiger partial charge in [-0.25, -0.2) is 4.98 Å². The number of pyridine rings is 1. The van der Waals surface area contributed by atoms with E-state index in [1.165, 1.54) is 17.5 Å². The SMILES string of the molecule is COc1cc2c(cc1OC)CN(c1cc(C(=O)NC3CC(C)CC(C)(C)C3)c3ccccc3n1)CC2. The molecule has 0 radical (unpaired) electrons. The third kappa shape index (κ3) is 4.86. The number of hydrogen-bond acceptors (Lipinski definition) is 5. The summed E-state index contributed by atoms with van der Waals surface area (Å²) in [6, 6.07) is 14.2. The molecule has 3 aromatic rings. The molecule has 1 saturated carbocycles. The number of ether oxygens (including phenoxy) is 2. The van der Waals surface area contributed by atoms with Gasteiger partial charge in [0.25, 0.3) is 5.91 Å². The minimum Gasteiger partial charge on any atom is -0.493 e. The van der Waals surface area contributed by atoms with E-state index in [2.05, 4.69) is 43.1 Å². The minimum absolute atomic E-state index is 0.00596. The van der Waals surface area contributed by atoms with Crippen molar-refractivity contribution in [1.82, 2.24) is 10.3 Å². The van der Waals surface area contributed by atoms with Gasteiger partial charge in [-0.2, -0.15) is 0 Å². The Balaban J connectivity index is 1.45. The lowest BCUT2D eigenvalue weighted by molar-refractivity contribution is 0.0876. The quantitative estimate of drug-likeness (QED) is 0.496. The van der Waals surface area contributed by atoms with Gasteiger partial charge < -0.3 is 19.7 Å². The summed E-state index contributed by atoms with van der Waals surface area (Å²) in [4.78, 5) is 20.9. The van der Waals surface area contributed by atoms with Crippen molar-refractivity contribution in [2.45, 2.75) is 59.0 Å². The summed E-state index contributed by atoms with van der Waals surface area (Å²) in [7, 11) is 3.33. The average Bonchev–Trinajstić information content (AvgIpc) is 2.85. The summed E-state index contributed by atoms with van der Waals surface area (Å²) >= 11 is 0. The number of aromatic nitrogens is 1. The highest BCUT2D eigenvalue weighted by atomic mass is 16.5. The van der Waals surface area contributed by atoms with Crippen LogP contribution in [0, 0.1) is 11.3 Å². The molecule has 1 amide bonds. The molecule has 36 heavy (non-hydrogen) atoms. The number of methoxy groups -OCH3 is 2. The number of amides is 1. The first kappa shape index (κ1) is 24.4. The molecule has 6 nitrogen and oxygen atoms in total. The lowest BCUT2D eigenvalue weighted by atomic mass is 9.70. The van der Waals surface area contributed by atoms with Gasteiger partial charge in [0.1, 0.15) is 5.82 Å². The van der Waals surface area contributed by atoms with Gasteiger partial charge in [-0.1, -0.05) is 39.0 Å². The van der Waals surface area contributed by atoms with Crippen LogP contribution in [0.3, 0.4) is 0 Å². The lowest BCUT2D eigenvalue weighted by Crippen LogP contribution is -2.43. The number of carbonyl (C=O) groups excluding carboxylic acids is 1. The predicted octanol–water partition coefficient (Wildman–Crippen LogP) is 5.76. The number of nitrogens with zero attached hydrogens (tertiary/aromatic N) is 2. The number of anilines is 1. The van der Waals surface area contributed by atoms with Crippen molar-refractivity contribution >= 4 is 22.6 Å². The van der Waals surface area contributed by atoms with Crippen LogP contribution < -0.4 is 19.7 Å². The summed E-state index contributed by atoms with van der Waals surface area (Å²) in [5.41, 5.74) is 4.24. The Kier molecular flexibility index (Phi) is 6.54. The van der Waals surface area contributed by atoms with E-state index < -0.39 is 0 Å². The smallest absolute Gasteiger partial charge is 0.252 e. The van der Waals surface area contributed by atoms with Crippen LogP contribution in [0.25, 0.3) is 10.9 Å². The summed E-state index contributed by atoms with van der Waals surface area (Å²) in [6.45, 7) is 8.43. The highest BCUT2D eigenvalue weighted by Crippen LogP contribution is 2.39. The fraction of sp³-hybridized carbons (Fsp3) is 0.467. The van der Waals surface area contributed by atoms with Crippen LogP contribution in [0.5, 0.6) is 11.5 Å². The van der Waals surface area contributed by atoms with E-state index in [0.717, 1.165) is 54.0 Å². The van der Waals surface area contributed by atoms with Gasteiger partial charge in [-0.15, -0.1) is 0 Å². The predicted molar refractivity (Wildman–Crippen MR) is 144 cm³/mol. The van der Waals surface area contributed by atoms with Crippen molar-refractivity contribution in [2.24, 2.45) is 11.3 Å². The van der Waals surface area contributed by atoms with Crippen molar-refractivity contribution in [1.29, 1.82) is 0 Å². The molecule has 2 heterocycles. The van der Waals surface area contributed by atoms with Gasteiger partial charge in [0.2, 0.25) is 0 Å². The molecule has 6 heteroatoms. The summed E-state index contributed by atoms with van der Waals surface area (Å²) in [5, 5.41) is 4.27. The maximum absolute atomic E-state index is 13.6. The fourth-order valence-electron chi connectivity index (χ4n) is 6.31. The summed E-state index contributed by atoms with van der Waals surface area (Å²) in [5.74, 6) is 2.92. The molecule has 0 spiro atoms. The van der Waals surface area contributed by atoms with Crippen molar-refractivity contribution in [3.63, 3.8) is 0 Å². The van der Waals surface area contributed by atoms with Crippen molar-refractivity contribution in [2.75, 3.05) is 25.7 Å². The average molecular weight is 488 g/mol. The van der Waals surface area contributed by atoms with E-state index in [0.29, 0.717) is 18.0 Å². The minimum atomic E-state index is -0.00596. The number of nitrogens with one attached hydrogen (secondary N) is 1. The van der Waals surface area contributed by atoms with Crippen molar-refractivity contribution in [3.8, 4) is 11.5 Å². The van der Waals surface area contributed by atoms with E-state index in [1.807, 2.05) is 30.3 Å². The van der Waals surface area contributed by atoms with Crippen LogP contribution in [0.4, 0.5) is 5.82 Å². The Morgan fingerprint density at radius 2 is 1.78 bits per heavy atom. The Hall–Kier alpha value is -3.28. The molecule has 2 unspecified atom stereocenters. The number of fused-ring (bicyclic) bond motifs is 2. The maximum Gasteiger partial charge on any atom is 0.252 e. The van der Waals surface area contributed by atoms with E-state index in [1.54, 1.807) is 14.2 Å². The zero-order valence-corrected chi connectivity index (χ0v) is 22.1. The highest BCUT2D eigenvalue weighted by Gasteiger charge is 2.33. The number of carbonyl (C=O) groups is 1. The monoisotopic (exact) mass is 487 g/mol. The molecule has 1 aliphatic carbocycles. The molecule has 2 atom stereocenters. The number of benzene rings is 2. The molecular formula is C30H37N3O3. The molecule has 1 N–H and O–H groups in total. The van der Waals surface area contributed by atoms with Crippen LogP contribution in [0.2, 0.25) is 0 Å². The van der Waals surface area contributed by atoms with E-state index in [4.69, 9.17) is 14.5 Å². The van der Waals surface area contributed by atoms with E-state index >= 15 is 0 Å². The molecule has 1 fully saturated rings. The van der Waals surface area contributed by atoms with Gasteiger partial charge >= 0.3 is 0 Å². The summed E-state index contributed by atoms with van der Waals surface area (Å²) < 4.78 is 11.0. The molecule has 2 aromatic carbocycles. The van der Waals surface area contributed by atoms with Crippen LogP contribution in [-0.2, 0) is 13.0 Å². The topological polar surface area (TPSA) is 63.7 Å². The van der Waals surface area contributed by atoms with E-state index in [-0.39, 0.29) is 17.4 Å². The lowest BCUT2D eigenvalue weighted by Gasteiger charge is -2.39. The second-order valence-corrected chi connectivity index (χ2v) is 11.3. The Bertz CT molecular complexity index is 1290. The molecule has 1 aliphatic heterocycles. The Morgan fingerprint density at radius 1 is 1.06 bits per heavy atom. The van der Waals surface area contributed by atoms with Crippen molar-refractivity contribution < 1.29 is 14.3 Å². The number of para-hydroxylation sites is 1. The number of hydrogen-bond donors (Lipinski definition) is 1. The first-order valence-corrected chi connectivity index (χ1v) is 13.0. The van der Waals surface area contributed by atoms with Gasteiger partial charge in [-0.05, 0) is 72.4 Å². The van der Waals surface area contributed by atoms with E-state index in [9.17, 15) is 4.79 Å². The Labute approximate surface area is 214 Å². The number of rotatable bonds is 5. The molecule has 0 bridgehead atoms. The third-order valence-electron chi connectivity index (χ3n) is 7.71. The van der Waals surface area contributed by atoms with Crippen LogP contribution in [0.1, 0.15) is 61.5 Å².